The number of carbonyl (C=O) groups is 2. The van der Waals surface area contributed by atoms with Gasteiger partial charge in [0.25, 0.3) is 15.9 Å². The first-order valence-corrected chi connectivity index (χ1v) is 13.1. The molecule has 8 nitrogen and oxygen atoms in total. The van der Waals surface area contributed by atoms with E-state index < -0.39 is 27.7 Å². The number of carbonyl (C=O) groups excluding carboxylic acids is 2. The van der Waals surface area contributed by atoms with Crippen molar-refractivity contribution in [3.05, 3.63) is 89.0 Å². The van der Waals surface area contributed by atoms with E-state index in [4.69, 9.17) is 4.74 Å². The Morgan fingerprint density at radius 3 is 2.39 bits per heavy atom. The predicted molar refractivity (Wildman–Crippen MR) is 135 cm³/mol. The number of anilines is 1. The van der Waals surface area contributed by atoms with Crippen LogP contribution in [-0.4, -0.2) is 38.5 Å². The van der Waals surface area contributed by atoms with Crippen molar-refractivity contribution >= 4 is 49.1 Å². The molecule has 0 radical (unpaired) electrons. The molecule has 0 aliphatic heterocycles. The van der Waals surface area contributed by atoms with Gasteiger partial charge >= 0.3 is 5.97 Å². The van der Waals surface area contributed by atoms with Crippen molar-refractivity contribution in [3.63, 3.8) is 0 Å². The highest BCUT2D eigenvalue weighted by molar-refractivity contribution is 7.92. The van der Waals surface area contributed by atoms with E-state index >= 15 is 0 Å². The quantitative estimate of drug-likeness (QED) is 0.339. The highest BCUT2D eigenvalue weighted by atomic mass is 32.2. The number of rotatable bonds is 7. The molecule has 4 aromatic rings. The summed E-state index contributed by atoms with van der Waals surface area (Å²) >= 11 is 1.06. The number of thiazole rings is 1. The molecule has 1 amide bonds. The number of hydrogen-bond acceptors (Lipinski definition) is 6. The fraction of sp³-hybridized carbons (Fsp3) is 0.160. The molecule has 0 saturated heterocycles. The van der Waals surface area contributed by atoms with E-state index in [1.807, 2.05) is 0 Å². The molecule has 1 aromatic heterocycles. The molecule has 0 spiro atoms. The summed E-state index contributed by atoms with van der Waals surface area (Å²) in [5.74, 6) is -1.81. The summed E-state index contributed by atoms with van der Waals surface area (Å²) in [6, 6.07) is 18.4. The lowest BCUT2D eigenvalue weighted by Crippen LogP contribution is -2.26. The van der Waals surface area contributed by atoms with Crippen LogP contribution in [-0.2, 0) is 26.1 Å². The minimum Gasteiger partial charge on any atom is -0.465 e. The van der Waals surface area contributed by atoms with E-state index in [2.05, 4.69) is 4.99 Å². The highest BCUT2D eigenvalue weighted by Gasteiger charge is 2.22. The number of halogens is 1. The number of benzene rings is 3. The van der Waals surface area contributed by atoms with E-state index in [1.165, 1.54) is 48.0 Å². The standard InChI is InChI=1S/C25H22FN3O5S2/c1-3-34-22(30)16-29-23-20(26)10-7-11-21(23)35-25(29)27-24(31)17-12-14-19(15-13-17)36(32,33)28(2)18-8-5-4-6-9-18/h4-15H,3,16H2,1-2H3. The van der Waals surface area contributed by atoms with Crippen molar-refractivity contribution in [2.45, 2.75) is 18.4 Å². The van der Waals surface area contributed by atoms with Gasteiger partial charge in [0.05, 0.1) is 27.4 Å². The second kappa shape index (κ2) is 10.4. The van der Waals surface area contributed by atoms with Crippen LogP contribution in [0.4, 0.5) is 10.1 Å². The van der Waals surface area contributed by atoms with Crippen LogP contribution in [0.3, 0.4) is 0 Å². The number of sulfonamides is 1. The Labute approximate surface area is 211 Å². The third kappa shape index (κ3) is 5.07. The summed E-state index contributed by atoms with van der Waals surface area (Å²) < 4.78 is 48.4. The van der Waals surface area contributed by atoms with Gasteiger partial charge in [-0.05, 0) is 55.5 Å². The van der Waals surface area contributed by atoms with Crippen LogP contribution in [0, 0.1) is 5.82 Å². The lowest BCUT2D eigenvalue weighted by atomic mass is 10.2. The molecule has 4 rings (SSSR count). The average Bonchev–Trinajstić information content (AvgIpc) is 3.22. The van der Waals surface area contributed by atoms with Gasteiger partial charge in [-0.15, -0.1) is 0 Å². The molecular formula is C25H22FN3O5S2. The van der Waals surface area contributed by atoms with E-state index in [0.717, 1.165) is 15.6 Å². The molecule has 11 heteroatoms. The van der Waals surface area contributed by atoms with Crippen LogP contribution < -0.4 is 9.11 Å². The second-order valence-electron chi connectivity index (χ2n) is 7.61. The molecule has 0 unspecified atom stereocenters. The van der Waals surface area contributed by atoms with Gasteiger partial charge in [0.15, 0.2) is 4.80 Å². The summed E-state index contributed by atoms with van der Waals surface area (Å²) in [5.41, 5.74) is 0.778. The number of nitrogens with zero attached hydrogens (tertiary/aromatic N) is 3. The van der Waals surface area contributed by atoms with Crippen molar-refractivity contribution in [2.75, 3.05) is 18.0 Å². The lowest BCUT2D eigenvalue weighted by Gasteiger charge is -2.19. The summed E-state index contributed by atoms with van der Waals surface area (Å²) in [7, 11) is -2.40. The monoisotopic (exact) mass is 527 g/mol. The minimum absolute atomic E-state index is 0.00621. The van der Waals surface area contributed by atoms with Crippen LogP contribution in [0.5, 0.6) is 0 Å². The maximum Gasteiger partial charge on any atom is 0.326 e. The van der Waals surface area contributed by atoms with Gasteiger partial charge in [0, 0.05) is 12.6 Å². The zero-order valence-electron chi connectivity index (χ0n) is 19.4. The van der Waals surface area contributed by atoms with Crippen molar-refractivity contribution in [3.8, 4) is 0 Å². The van der Waals surface area contributed by atoms with Crippen LogP contribution >= 0.6 is 11.3 Å². The Morgan fingerprint density at radius 2 is 1.72 bits per heavy atom. The SMILES string of the molecule is CCOC(=O)Cn1c(=NC(=O)c2ccc(S(=O)(=O)N(C)c3ccccc3)cc2)sc2cccc(F)c21. The molecule has 0 N–H and O–H groups in total. The van der Waals surface area contributed by atoms with Gasteiger partial charge in [0.1, 0.15) is 12.4 Å². The van der Waals surface area contributed by atoms with Crippen molar-refractivity contribution in [1.82, 2.24) is 4.57 Å². The highest BCUT2D eigenvalue weighted by Crippen LogP contribution is 2.23. The number of ether oxygens (including phenoxy) is 1. The van der Waals surface area contributed by atoms with Gasteiger partial charge in [-0.1, -0.05) is 35.6 Å². The molecule has 0 atom stereocenters. The zero-order chi connectivity index (χ0) is 25.9. The Kier molecular flexibility index (Phi) is 7.32. The van der Waals surface area contributed by atoms with Crippen LogP contribution in [0.1, 0.15) is 17.3 Å². The molecule has 0 fully saturated rings. The number of hydrogen-bond donors (Lipinski definition) is 0. The van der Waals surface area contributed by atoms with Crippen molar-refractivity contribution in [2.24, 2.45) is 4.99 Å². The topological polar surface area (TPSA) is 98.0 Å². The smallest absolute Gasteiger partial charge is 0.326 e. The van der Waals surface area contributed by atoms with E-state index in [0.29, 0.717) is 10.4 Å². The van der Waals surface area contributed by atoms with Gasteiger partial charge in [-0.25, -0.2) is 12.8 Å². The Morgan fingerprint density at radius 1 is 1.03 bits per heavy atom. The summed E-state index contributed by atoms with van der Waals surface area (Å²) in [5, 5.41) is 0. The average molecular weight is 528 g/mol. The maximum absolute atomic E-state index is 14.5. The number of fused-ring (bicyclic) bond motifs is 1. The Balaban J connectivity index is 1.67. The fourth-order valence-corrected chi connectivity index (χ4v) is 5.75. The molecule has 0 bridgehead atoms. The van der Waals surface area contributed by atoms with Crippen LogP contribution in [0.15, 0.2) is 82.7 Å². The Bertz CT molecular complexity index is 1590. The van der Waals surface area contributed by atoms with Gasteiger partial charge < -0.3 is 9.30 Å². The zero-order valence-corrected chi connectivity index (χ0v) is 21.1. The summed E-state index contributed by atoms with van der Waals surface area (Å²) in [6.45, 7) is 1.50. The molecule has 1 heterocycles. The summed E-state index contributed by atoms with van der Waals surface area (Å²) in [4.78, 5) is 29.3. The first kappa shape index (κ1) is 25.3. The molecule has 0 saturated carbocycles. The molecular weight excluding hydrogens is 505 g/mol. The van der Waals surface area contributed by atoms with E-state index in [1.54, 1.807) is 43.3 Å². The van der Waals surface area contributed by atoms with Crippen molar-refractivity contribution < 1.29 is 27.1 Å². The third-order valence-corrected chi connectivity index (χ3v) is 8.16. The van der Waals surface area contributed by atoms with Crippen molar-refractivity contribution in [1.29, 1.82) is 0 Å². The maximum atomic E-state index is 14.5. The Hall–Kier alpha value is -3.83. The van der Waals surface area contributed by atoms with Crippen LogP contribution in [0.25, 0.3) is 10.2 Å². The minimum atomic E-state index is -3.84. The van der Waals surface area contributed by atoms with Gasteiger partial charge in [-0.2, -0.15) is 4.99 Å². The predicted octanol–water partition coefficient (Wildman–Crippen LogP) is 3.97. The number of amides is 1. The molecule has 0 aliphatic rings. The fourth-order valence-electron chi connectivity index (χ4n) is 3.51. The van der Waals surface area contributed by atoms with E-state index in [-0.39, 0.29) is 33.9 Å². The van der Waals surface area contributed by atoms with Crippen LogP contribution in [0.2, 0.25) is 0 Å². The summed E-state index contributed by atoms with van der Waals surface area (Å²) in [6.07, 6.45) is 0. The van der Waals surface area contributed by atoms with E-state index in [9.17, 15) is 22.4 Å². The normalized spacial score (nSPS) is 12.0. The second-order valence-corrected chi connectivity index (χ2v) is 10.6. The number of esters is 1. The molecule has 0 aliphatic carbocycles. The number of aromatic nitrogens is 1. The van der Waals surface area contributed by atoms with Gasteiger partial charge in [-0.3, -0.25) is 13.9 Å². The molecule has 36 heavy (non-hydrogen) atoms. The first-order chi connectivity index (χ1) is 17.2. The molecule has 186 valence electrons. The lowest BCUT2D eigenvalue weighted by molar-refractivity contribution is -0.143. The third-order valence-electron chi connectivity index (χ3n) is 5.32. The van der Waals surface area contributed by atoms with Gasteiger partial charge in [0.2, 0.25) is 0 Å². The first-order valence-electron chi connectivity index (χ1n) is 10.9. The number of para-hydroxylation sites is 2. The largest absolute Gasteiger partial charge is 0.465 e. The molecule has 3 aromatic carbocycles.